The van der Waals surface area contributed by atoms with Crippen LogP contribution >= 0.6 is 0 Å². The summed E-state index contributed by atoms with van der Waals surface area (Å²) in [5, 5.41) is 1.61. The third-order valence-corrected chi connectivity index (χ3v) is 14.9. The number of pyridine rings is 2. The summed E-state index contributed by atoms with van der Waals surface area (Å²) in [4.78, 5) is 20.1. The van der Waals surface area contributed by atoms with Gasteiger partial charge in [0.15, 0.2) is 5.82 Å². The van der Waals surface area contributed by atoms with Gasteiger partial charge in [0, 0.05) is 51.6 Å². The van der Waals surface area contributed by atoms with Gasteiger partial charge in [-0.1, -0.05) is 127 Å². The van der Waals surface area contributed by atoms with Crippen molar-refractivity contribution >= 4 is 31.8 Å². The van der Waals surface area contributed by atoms with Gasteiger partial charge in [-0.25, -0.2) is 18.4 Å². The highest BCUT2D eigenvalue weighted by atomic mass is 32.2. The number of benzene rings is 7. The van der Waals surface area contributed by atoms with E-state index in [0.29, 0.717) is 39.5 Å². The fourth-order valence-electron chi connectivity index (χ4n) is 10.2. The second-order valence-corrected chi connectivity index (χ2v) is 18.4. The predicted octanol–water partition coefficient (Wildman–Crippen LogP) is 13.0. The van der Waals surface area contributed by atoms with Crippen LogP contribution in [-0.4, -0.2) is 28.4 Å². The number of hydrogen-bond donors (Lipinski definition) is 0. The normalized spacial score (nSPS) is 15.4. The number of aromatic nitrogens is 4. The van der Waals surface area contributed by atoms with Crippen LogP contribution in [0.15, 0.2) is 221 Å². The Labute approximate surface area is 374 Å². The van der Waals surface area contributed by atoms with Crippen LogP contribution in [0.5, 0.6) is 0 Å². The fourth-order valence-corrected chi connectivity index (χ4v) is 12.0. The van der Waals surface area contributed by atoms with Gasteiger partial charge in [-0.3, -0.25) is 9.97 Å². The highest BCUT2D eigenvalue weighted by Gasteiger charge is 2.52. The molecule has 7 aromatic carbocycles. The highest BCUT2D eigenvalue weighted by molar-refractivity contribution is 7.91. The van der Waals surface area contributed by atoms with E-state index in [-0.39, 0.29) is 9.79 Å². The molecule has 2 aliphatic rings. The van der Waals surface area contributed by atoms with Crippen molar-refractivity contribution in [2.75, 3.05) is 0 Å². The summed E-state index contributed by atoms with van der Waals surface area (Å²) in [6.45, 7) is 0. The Bertz CT molecular complexity index is 3850. The molecular weight excluding hydrogens is 821 g/mol. The lowest BCUT2D eigenvalue weighted by molar-refractivity contribution is 0.579. The summed E-state index contributed by atoms with van der Waals surface area (Å²) in [5.41, 5.74) is 13.2. The third kappa shape index (κ3) is 5.51. The first kappa shape index (κ1) is 37.2. The molecule has 4 aromatic heterocycles. The van der Waals surface area contributed by atoms with E-state index in [1.165, 1.54) is 0 Å². The Kier molecular flexibility index (Phi) is 8.07. The SMILES string of the molecule is O=S1(=O)c2ccccc2C2(c3ccccc3-c3ccccc3-c3ccc(-c4cc(-c5ccc(-c6cccnc6)nc5)nc(-c5ccccc5)n4)cc32)c2cc3oc4ccccc4c3cc21. The second-order valence-electron chi connectivity index (χ2n) is 16.5. The molecule has 0 saturated carbocycles. The van der Waals surface area contributed by atoms with E-state index in [1.807, 2.05) is 121 Å². The number of nitrogens with zero attached hydrogens (tertiary/aromatic N) is 4. The van der Waals surface area contributed by atoms with Crippen molar-refractivity contribution < 1.29 is 12.8 Å². The predicted molar refractivity (Wildman–Crippen MR) is 255 cm³/mol. The number of furan rings is 1. The Balaban J connectivity index is 1.13. The lowest BCUT2D eigenvalue weighted by Gasteiger charge is -2.42. The molecule has 0 amide bonds. The Hall–Kier alpha value is -8.33. The summed E-state index contributed by atoms with van der Waals surface area (Å²) in [5.74, 6) is 0.571. The number of hydrogen-bond acceptors (Lipinski definition) is 7. The van der Waals surface area contributed by atoms with E-state index in [4.69, 9.17) is 19.4 Å². The molecule has 8 heteroatoms. The van der Waals surface area contributed by atoms with Crippen LogP contribution in [0.2, 0.25) is 0 Å². The molecule has 0 fully saturated rings. The maximum atomic E-state index is 15.2. The molecule has 1 spiro atoms. The van der Waals surface area contributed by atoms with Crippen molar-refractivity contribution in [3.8, 4) is 67.4 Å². The minimum absolute atomic E-state index is 0.255. The molecule has 7 nitrogen and oxygen atoms in total. The second kappa shape index (κ2) is 14.1. The summed E-state index contributed by atoms with van der Waals surface area (Å²) < 4.78 is 37.1. The summed E-state index contributed by atoms with van der Waals surface area (Å²) in [7, 11) is -4.03. The number of rotatable bonds is 4. The van der Waals surface area contributed by atoms with E-state index in [2.05, 4.69) is 71.7 Å². The van der Waals surface area contributed by atoms with Crippen molar-refractivity contribution in [3.63, 3.8) is 0 Å². The van der Waals surface area contributed by atoms with Crippen molar-refractivity contribution in [1.29, 1.82) is 0 Å². The first-order valence-electron chi connectivity index (χ1n) is 21.4. The first-order chi connectivity index (χ1) is 32.0. The van der Waals surface area contributed by atoms with E-state index < -0.39 is 15.3 Å². The number of sulfone groups is 1. The molecule has 1 atom stereocenters. The van der Waals surface area contributed by atoms with Crippen LogP contribution < -0.4 is 0 Å². The number of fused-ring (bicyclic) bond motifs is 14. The van der Waals surface area contributed by atoms with Gasteiger partial charge in [-0.2, -0.15) is 0 Å². The molecule has 0 saturated heterocycles. The summed E-state index contributed by atoms with van der Waals surface area (Å²) in [6.07, 6.45) is 5.40. The van der Waals surface area contributed by atoms with Crippen LogP contribution in [0, 0.1) is 0 Å². The monoisotopic (exact) mass is 854 g/mol. The van der Waals surface area contributed by atoms with Crippen LogP contribution in [0.3, 0.4) is 0 Å². The van der Waals surface area contributed by atoms with Crippen molar-refractivity contribution in [3.05, 3.63) is 229 Å². The van der Waals surface area contributed by atoms with E-state index in [0.717, 1.165) is 72.1 Å². The molecular formula is C57H34N4O3S. The van der Waals surface area contributed by atoms with Crippen molar-refractivity contribution in [2.24, 2.45) is 0 Å². The van der Waals surface area contributed by atoms with Gasteiger partial charge in [-0.15, -0.1) is 0 Å². The molecule has 1 aliphatic carbocycles. The average Bonchev–Trinajstić information content (AvgIpc) is 3.70. The van der Waals surface area contributed by atoms with Crippen molar-refractivity contribution in [1.82, 2.24) is 19.9 Å². The zero-order chi connectivity index (χ0) is 43.3. The van der Waals surface area contributed by atoms with E-state index in [1.54, 1.807) is 18.5 Å². The van der Waals surface area contributed by atoms with Crippen LogP contribution in [-0.2, 0) is 15.3 Å². The Morgan fingerprint density at radius 3 is 1.86 bits per heavy atom. The quantitative estimate of drug-likeness (QED) is 0.174. The zero-order valence-electron chi connectivity index (χ0n) is 34.6. The standard InChI is InChI=1S/C57H34N4O3S/c62-65(63)54-23-11-9-21-46(54)57(48-31-53-44(30-55(48)65)43-19-7-10-22-52(43)64-53)45-20-8-6-18-41(45)39-16-4-5-17-40(39)42-26-24-36(29-47(42)57)50-32-51(61-56(60-50)35-13-2-1-3-14-35)38-25-27-49(59-34-38)37-15-12-28-58-33-37/h1-34H. The van der Waals surface area contributed by atoms with Gasteiger partial charge in [0.1, 0.15) is 11.2 Å². The summed E-state index contributed by atoms with van der Waals surface area (Å²) >= 11 is 0. The minimum Gasteiger partial charge on any atom is -0.456 e. The first-order valence-corrected chi connectivity index (χ1v) is 22.9. The number of para-hydroxylation sites is 1. The molecule has 0 N–H and O–H groups in total. The van der Waals surface area contributed by atoms with Crippen LogP contribution in [0.25, 0.3) is 89.4 Å². The topological polar surface area (TPSA) is 98.8 Å². The summed E-state index contributed by atoms with van der Waals surface area (Å²) in [6, 6.07) is 62.5. The molecule has 65 heavy (non-hydrogen) atoms. The maximum Gasteiger partial charge on any atom is 0.207 e. The van der Waals surface area contributed by atoms with Gasteiger partial charge >= 0.3 is 0 Å². The largest absolute Gasteiger partial charge is 0.456 e. The Morgan fingerprint density at radius 2 is 1.08 bits per heavy atom. The van der Waals surface area contributed by atoms with Crippen LogP contribution in [0.4, 0.5) is 0 Å². The van der Waals surface area contributed by atoms with Gasteiger partial charge in [0.2, 0.25) is 9.84 Å². The molecule has 11 aromatic rings. The van der Waals surface area contributed by atoms with Gasteiger partial charge in [0.05, 0.1) is 32.3 Å². The maximum absolute atomic E-state index is 15.2. The van der Waals surface area contributed by atoms with Gasteiger partial charge < -0.3 is 4.42 Å². The van der Waals surface area contributed by atoms with Gasteiger partial charge in [-0.05, 0) is 105 Å². The molecule has 306 valence electrons. The molecule has 0 radical (unpaired) electrons. The van der Waals surface area contributed by atoms with E-state index in [9.17, 15) is 0 Å². The molecule has 13 rings (SSSR count). The average molecular weight is 855 g/mol. The van der Waals surface area contributed by atoms with Gasteiger partial charge in [0.25, 0.3) is 0 Å². The third-order valence-electron chi connectivity index (χ3n) is 13.1. The molecule has 1 unspecified atom stereocenters. The minimum atomic E-state index is -4.03. The molecule has 5 heterocycles. The smallest absolute Gasteiger partial charge is 0.207 e. The Morgan fingerprint density at radius 1 is 0.415 bits per heavy atom. The fraction of sp³-hybridized carbons (Fsp3) is 0.0175. The van der Waals surface area contributed by atoms with Crippen molar-refractivity contribution in [2.45, 2.75) is 15.2 Å². The highest BCUT2D eigenvalue weighted by Crippen LogP contribution is 2.60. The molecule has 0 bridgehead atoms. The van der Waals surface area contributed by atoms with E-state index >= 15 is 8.42 Å². The lowest BCUT2D eigenvalue weighted by Crippen LogP contribution is -2.38. The molecule has 1 aliphatic heterocycles. The van der Waals surface area contributed by atoms with Crippen LogP contribution in [0.1, 0.15) is 22.3 Å². The lowest BCUT2D eigenvalue weighted by atomic mass is 9.63. The zero-order valence-corrected chi connectivity index (χ0v) is 35.4.